The molecular formula is C16H24N2O2. The van der Waals surface area contributed by atoms with Crippen LogP contribution in [0.5, 0.6) is 0 Å². The topological polar surface area (TPSA) is 64.3 Å². The summed E-state index contributed by atoms with van der Waals surface area (Å²) >= 11 is 0. The minimum absolute atomic E-state index is 0.350. The molecule has 4 nitrogen and oxygen atoms in total. The second-order valence-electron chi connectivity index (χ2n) is 5.48. The molecule has 4 heteroatoms. The lowest BCUT2D eigenvalue weighted by Crippen LogP contribution is -2.15. The molecule has 1 fully saturated rings. The number of nitrogens with two attached hydrogens (primary N) is 1. The zero-order valence-corrected chi connectivity index (χ0v) is 12.2. The fraction of sp³-hybridized carbons (Fsp3) is 0.562. The smallest absolute Gasteiger partial charge is 0.340 e. The highest BCUT2D eigenvalue weighted by Crippen LogP contribution is 2.28. The van der Waals surface area contributed by atoms with Crippen LogP contribution in [0.1, 0.15) is 48.9 Å². The number of benzene rings is 1. The molecule has 2 rings (SSSR count). The summed E-state index contributed by atoms with van der Waals surface area (Å²) in [5.41, 5.74) is 7.77. The molecule has 20 heavy (non-hydrogen) atoms. The van der Waals surface area contributed by atoms with Crippen molar-refractivity contribution in [1.82, 2.24) is 0 Å². The summed E-state index contributed by atoms with van der Waals surface area (Å²) in [6.45, 7) is 0.850. The van der Waals surface area contributed by atoms with Crippen molar-refractivity contribution in [2.75, 3.05) is 24.7 Å². The quantitative estimate of drug-likeness (QED) is 0.638. The molecule has 1 saturated carbocycles. The third-order valence-corrected chi connectivity index (χ3v) is 4.08. The van der Waals surface area contributed by atoms with Gasteiger partial charge in [0.25, 0.3) is 0 Å². The van der Waals surface area contributed by atoms with E-state index in [0.29, 0.717) is 16.9 Å². The summed E-state index contributed by atoms with van der Waals surface area (Å²) < 4.78 is 4.79. The van der Waals surface area contributed by atoms with Crippen LogP contribution in [0.4, 0.5) is 11.4 Å². The van der Waals surface area contributed by atoms with Gasteiger partial charge in [0, 0.05) is 6.54 Å². The number of rotatable bonds is 5. The second kappa shape index (κ2) is 7.17. The molecule has 1 aliphatic carbocycles. The Kier molecular flexibility index (Phi) is 5.27. The van der Waals surface area contributed by atoms with E-state index < -0.39 is 0 Å². The SMILES string of the molecule is COC(=O)c1cccc(N)c1NCCC1CCCCC1. The minimum Gasteiger partial charge on any atom is -0.465 e. The second-order valence-corrected chi connectivity index (χ2v) is 5.48. The molecular weight excluding hydrogens is 252 g/mol. The number of hydrogen-bond donors (Lipinski definition) is 2. The summed E-state index contributed by atoms with van der Waals surface area (Å²) in [6.07, 6.45) is 7.87. The number of carbonyl (C=O) groups excluding carboxylic acids is 1. The van der Waals surface area contributed by atoms with Crippen LogP contribution in [0.15, 0.2) is 18.2 Å². The Morgan fingerprint density at radius 1 is 1.35 bits per heavy atom. The maximum atomic E-state index is 11.7. The number of nitrogen functional groups attached to an aromatic ring is 1. The number of para-hydroxylation sites is 1. The Morgan fingerprint density at radius 2 is 2.10 bits per heavy atom. The van der Waals surface area contributed by atoms with Crippen LogP contribution in [0.3, 0.4) is 0 Å². The highest BCUT2D eigenvalue weighted by atomic mass is 16.5. The zero-order chi connectivity index (χ0) is 14.4. The summed E-state index contributed by atoms with van der Waals surface area (Å²) in [5.74, 6) is 0.459. The molecule has 1 aromatic carbocycles. The summed E-state index contributed by atoms with van der Waals surface area (Å²) in [6, 6.07) is 5.31. The van der Waals surface area contributed by atoms with Gasteiger partial charge in [-0.3, -0.25) is 0 Å². The van der Waals surface area contributed by atoms with Crippen LogP contribution in [0.25, 0.3) is 0 Å². The van der Waals surface area contributed by atoms with Gasteiger partial charge >= 0.3 is 5.97 Å². The van der Waals surface area contributed by atoms with Gasteiger partial charge in [-0.2, -0.15) is 0 Å². The van der Waals surface area contributed by atoms with Crippen LogP contribution in [-0.2, 0) is 4.74 Å². The third kappa shape index (κ3) is 3.65. The van der Waals surface area contributed by atoms with Crippen molar-refractivity contribution >= 4 is 17.3 Å². The van der Waals surface area contributed by atoms with E-state index in [1.54, 1.807) is 18.2 Å². The van der Waals surface area contributed by atoms with Crippen molar-refractivity contribution in [3.63, 3.8) is 0 Å². The van der Waals surface area contributed by atoms with Crippen LogP contribution in [0, 0.1) is 5.92 Å². The highest BCUT2D eigenvalue weighted by Gasteiger charge is 2.16. The van der Waals surface area contributed by atoms with Gasteiger partial charge in [0.1, 0.15) is 0 Å². The highest BCUT2D eigenvalue weighted by molar-refractivity contribution is 5.98. The van der Waals surface area contributed by atoms with Gasteiger partial charge in [0.15, 0.2) is 0 Å². The van der Waals surface area contributed by atoms with E-state index in [1.807, 2.05) is 0 Å². The Labute approximate surface area is 120 Å². The molecule has 0 saturated heterocycles. The van der Waals surface area contributed by atoms with Crippen LogP contribution in [-0.4, -0.2) is 19.6 Å². The van der Waals surface area contributed by atoms with Gasteiger partial charge in [-0.15, -0.1) is 0 Å². The Morgan fingerprint density at radius 3 is 2.80 bits per heavy atom. The molecule has 0 heterocycles. The fourth-order valence-corrected chi connectivity index (χ4v) is 2.92. The number of nitrogens with one attached hydrogen (secondary N) is 1. The summed E-state index contributed by atoms with van der Waals surface area (Å²) in [7, 11) is 1.39. The maximum absolute atomic E-state index is 11.7. The fourth-order valence-electron chi connectivity index (χ4n) is 2.92. The van der Waals surface area contributed by atoms with Crippen LogP contribution < -0.4 is 11.1 Å². The predicted molar refractivity (Wildman–Crippen MR) is 81.9 cm³/mol. The molecule has 110 valence electrons. The van der Waals surface area contributed by atoms with Crippen LogP contribution >= 0.6 is 0 Å². The number of hydrogen-bond acceptors (Lipinski definition) is 4. The van der Waals surface area contributed by atoms with E-state index in [1.165, 1.54) is 39.2 Å². The number of carbonyl (C=O) groups is 1. The average Bonchev–Trinajstić information content (AvgIpc) is 2.49. The molecule has 0 unspecified atom stereocenters. The van der Waals surface area contributed by atoms with Gasteiger partial charge in [-0.05, 0) is 24.5 Å². The lowest BCUT2D eigenvalue weighted by Gasteiger charge is -2.22. The molecule has 0 spiro atoms. The Bertz CT molecular complexity index is 454. The van der Waals surface area contributed by atoms with Crippen LogP contribution in [0.2, 0.25) is 0 Å². The van der Waals surface area contributed by atoms with Gasteiger partial charge < -0.3 is 15.8 Å². The molecule has 1 aromatic rings. The normalized spacial score (nSPS) is 15.8. The van der Waals surface area contributed by atoms with Crippen molar-refractivity contribution in [3.8, 4) is 0 Å². The van der Waals surface area contributed by atoms with Crippen molar-refractivity contribution < 1.29 is 9.53 Å². The van der Waals surface area contributed by atoms with Gasteiger partial charge in [-0.25, -0.2) is 4.79 Å². The molecule has 0 atom stereocenters. The average molecular weight is 276 g/mol. The first kappa shape index (κ1) is 14.7. The predicted octanol–water partition coefficient (Wildman–Crippen LogP) is 3.44. The lowest BCUT2D eigenvalue weighted by molar-refractivity contribution is 0.0602. The molecule has 0 radical (unpaired) electrons. The van der Waals surface area contributed by atoms with E-state index in [9.17, 15) is 4.79 Å². The van der Waals surface area contributed by atoms with Crippen molar-refractivity contribution in [3.05, 3.63) is 23.8 Å². The molecule has 3 N–H and O–H groups in total. The van der Waals surface area contributed by atoms with E-state index in [4.69, 9.17) is 10.5 Å². The standard InChI is InChI=1S/C16H24N2O2/c1-20-16(19)13-8-5-9-14(17)15(13)18-11-10-12-6-3-2-4-7-12/h5,8-9,12,18H,2-4,6-7,10-11,17H2,1H3. The number of ether oxygens (including phenoxy) is 1. The molecule has 0 bridgehead atoms. The van der Waals surface area contributed by atoms with Crippen molar-refractivity contribution in [2.45, 2.75) is 38.5 Å². The largest absolute Gasteiger partial charge is 0.465 e. The third-order valence-electron chi connectivity index (χ3n) is 4.08. The monoisotopic (exact) mass is 276 g/mol. The number of anilines is 2. The summed E-state index contributed by atoms with van der Waals surface area (Å²) in [5, 5.41) is 3.32. The first-order chi connectivity index (χ1) is 9.72. The van der Waals surface area contributed by atoms with Crippen molar-refractivity contribution in [1.29, 1.82) is 0 Å². The minimum atomic E-state index is -0.350. The van der Waals surface area contributed by atoms with E-state index in [2.05, 4.69) is 5.32 Å². The van der Waals surface area contributed by atoms with Gasteiger partial charge in [0.2, 0.25) is 0 Å². The van der Waals surface area contributed by atoms with E-state index >= 15 is 0 Å². The van der Waals surface area contributed by atoms with E-state index in [0.717, 1.165) is 18.9 Å². The zero-order valence-electron chi connectivity index (χ0n) is 12.2. The first-order valence-electron chi connectivity index (χ1n) is 7.43. The molecule has 0 amide bonds. The van der Waals surface area contributed by atoms with Gasteiger partial charge in [0.05, 0.1) is 24.0 Å². The Balaban J connectivity index is 1.95. The van der Waals surface area contributed by atoms with E-state index in [-0.39, 0.29) is 5.97 Å². The van der Waals surface area contributed by atoms with Crippen molar-refractivity contribution in [2.24, 2.45) is 5.92 Å². The molecule has 0 aliphatic heterocycles. The lowest BCUT2D eigenvalue weighted by atomic mass is 9.87. The summed E-state index contributed by atoms with van der Waals surface area (Å²) in [4.78, 5) is 11.7. The maximum Gasteiger partial charge on any atom is 0.340 e. The molecule has 1 aliphatic rings. The number of methoxy groups -OCH3 is 1. The van der Waals surface area contributed by atoms with Gasteiger partial charge in [-0.1, -0.05) is 38.2 Å². The first-order valence-corrected chi connectivity index (χ1v) is 7.43. The number of esters is 1. The molecule has 0 aromatic heterocycles. The Hall–Kier alpha value is -1.71.